The Bertz CT molecular complexity index is 709. The van der Waals surface area contributed by atoms with E-state index in [1.54, 1.807) is 30.3 Å². The minimum absolute atomic E-state index is 0.170. The minimum atomic E-state index is -0.275. The smallest absolute Gasteiger partial charge is 0.258 e. The van der Waals surface area contributed by atoms with Crippen LogP contribution in [-0.4, -0.2) is 11.0 Å². The van der Waals surface area contributed by atoms with Crippen molar-refractivity contribution in [2.24, 2.45) is 0 Å². The van der Waals surface area contributed by atoms with Gasteiger partial charge in [0.1, 0.15) is 0 Å². The van der Waals surface area contributed by atoms with E-state index >= 15 is 0 Å². The van der Waals surface area contributed by atoms with Gasteiger partial charge in [-0.2, -0.15) is 0 Å². The van der Waals surface area contributed by atoms with Crippen molar-refractivity contribution >= 4 is 74.7 Å². The summed E-state index contributed by atoms with van der Waals surface area (Å²) in [5, 5.41) is 6.60. The molecular formula is C14H9Cl2IN2OS. The molecule has 1 amide bonds. The number of benzene rings is 2. The van der Waals surface area contributed by atoms with Crippen molar-refractivity contribution in [1.29, 1.82) is 0 Å². The van der Waals surface area contributed by atoms with Crippen LogP contribution in [0.3, 0.4) is 0 Å². The fourth-order valence-corrected chi connectivity index (χ4v) is 2.85. The number of thiocarbonyl (C=S) groups is 1. The summed E-state index contributed by atoms with van der Waals surface area (Å²) in [6.45, 7) is 0. The van der Waals surface area contributed by atoms with Crippen LogP contribution in [0.2, 0.25) is 10.0 Å². The summed E-state index contributed by atoms with van der Waals surface area (Å²) < 4.78 is 0.847. The average Bonchev–Trinajstić information content (AvgIpc) is 2.42. The van der Waals surface area contributed by atoms with Gasteiger partial charge < -0.3 is 5.32 Å². The molecule has 0 fully saturated rings. The SMILES string of the molecule is O=C(NC(=S)Nc1ccc(Cl)cc1Cl)c1ccccc1I. The first kappa shape index (κ1) is 16.5. The van der Waals surface area contributed by atoms with Gasteiger partial charge >= 0.3 is 0 Å². The van der Waals surface area contributed by atoms with Crippen LogP contribution in [-0.2, 0) is 0 Å². The van der Waals surface area contributed by atoms with Gasteiger partial charge in [0.05, 0.1) is 16.3 Å². The van der Waals surface area contributed by atoms with Crippen molar-refractivity contribution in [2.75, 3.05) is 5.32 Å². The molecule has 2 aromatic carbocycles. The average molecular weight is 451 g/mol. The molecule has 0 unspecified atom stereocenters. The maximum Gasteiger partial charge on any atom is 0.258 e. The van der Waals surface area contributed by atoms with Crippen LogP contribution in [0, 0.1) is 3.57 Å². The lowest BCUT2D eigenvalue weighted by atomic mass is 10.2. The Kier molecular flexibility index (Phi) is 5.80. The molecule has 0 radical (unpaired) electrons. The number of carbonyl (C=O) groups excluding carboxylic acids is 1. The number of halogens is 3. The quantitative estimate of drug-likeness (QED) is 0.513. The molecular weight excluding hydrogens is 442 g/mol. The Morgan fingerprint density at radius 2 is 1.86 bits per heavy atom. The zero-order valence-electron chi connectivity index (χ0n) is 10.5. The van der Waals surface area contributed by atoms with E-state index in [-0.39, 0.29) is 11.0 Å². The summed E-state index contributed by atoms with van der Waals surface area (Å²) in [7, 11) is 0. The second-order valence-corrected chi connectivity index (χ2v) is 6.43. The molecule has 7 heteroatoms. The number of hydrogen-bond donors (Lipinski definition) is 2. The summed E-state index contributed by atoms with van der Waals surface area (Å²) in [6, 6.07) is 12.2. The molecule has 0 aliphatic rings. The Morgan fingerprint density at radius 1 is 1.14 bits per heavy atom. The number of amides is 1. The Labute approximate surface area is 151 Å². The van der Waals surface area contributed by atoms with Gasteiger partial charge in [0, 0.05) is 8.59 Å². The zero-order chi connectivity index (χ0) is 15.4. The molecule has 0 aliphatic heterocycles. The van der Waals surface area contributed by atoms with Crippen LogP contribution in [0.5, 0.6) is 0 Å². The van der Waals surface area contributed by atoms with Gasteiger partial charge in [-0.25, -0.2) is 0 Å². The van der Waals surface area contributed by atoms with Gasteiger partial charge in [0.2, 0.25) is 0 Å². The van der Waals surface area contributed by atoms with Gasteiger partial charge in [-0.1, -0.05) is 35.3 Å². The summed E-state index contributed by atoms with van der Waals surface area (Å²) in [5.41, 5.74) is 1.14. The van der Waals surface area contributed by atoms with Crippen molar-refractivity contribution in [3.8, 4) is 0 Å². The van der Waals surface area contributed by atoms with Crippen molar-refractivity contribution < 1.29 is 4.79 Å². The highest BCUT2D eigenvalue weighted by molar-refractivity contribution is 14.1. The molecule has 0 heterocycles. The monoisotopic (exact) mass is 450 g/mol. The van der Waals surface area contributed by atoms with E-state index in [1.807, 2.05) is 12.1 Å². The third kappa shape index (κ3) is 4.54. The molecule has 0 atom stereocenters. The van der Waals surface area contributed by atoms with Crippen LogP contribution < -0.4 is 10.6 Å². The molecule has 0 spiro atoms. The predicted octanol–water partition coefficient (Wildman–Crippen LogP) is 4.72. The van der Waals surface area contributed by atoms with E-state index < -0.39 is 0 Å². The standard InChI is InChI=1S/C14H9Cl2IN2OS/c15-8-5-6-12(10(16)7-8)18-14(21)19-13(20)9-3-1-2-4-11(9)17/h1-7H,(H2,18,19,20,21). The molecule has 2 aromatic rings. The Hall–Kier alpha value is -0.890. The summed E-state index contributed by atoms with van der Waals surface area (Å²) in [4.78, 5) is 12.1. The first-order valence-corrected chi connectivity index (χ1v) is 8.03. The zero-order valence-corrected chi connectivity index (χ0v) is 15.0. The summed E-state index contributed by atoms with van der Waals surface area (Å²) >= 11 is 19.1. The highest BCUT2D eigenvalue weighted by Gasteiger charge is 2.11. The maximum atomic E-state index is 12.1. The number of rotatable bonds is 2. The molecule has 0 saturated carbocycles. The van der Waals surface area contributed by atoms with Crippen molar-refractivity contribution in [2.45, 2.75) is 0 Å². The molecule has 108 valence electrons. The molecule has 0 saturated heterocycles. The first-order chi connectivity index (χ1) is 9.97. The van der Waals surface area contributed by atoms with E-state index in [0.29, 0.717) is 21.3 Å². The molecule has 0 aromatic heterocycles. The van der Waals surface area contributed by atoms with E-state index in [0.717, 1.165) is 3.57 Å². The van der Waals surface area contributed by atoms with Crippen LogP contribution in [0.15, 0.2) is 42.5 Å². The lowest BCUT2D eigenvalue weighted by molar-refractivity contribution is 0.0977. The van der Waals surface area contributed by atoms with Gasteiger partial charge in [0.15, 0.2) is 5.11 Å². The number of nitrogens with one attached hydrogen (secondary N) is 2. The fourth-order valence-electron chi connectivity index (χ4n) is 1.56. The van der Waals surface area contributed by atoms with Gasteiger partial charge in [-0.3, -0.25) is 10.1 Å². The highest BCUT2D eigenvalue weighted by atomic mass is 127. The number of carbonyl (C=O) groups is 1. The third-order valence-electron chi connectivity index (χ3n) is 2.52. The third-order valence-corrected chi connectivity index (χ3v) is 4.22. The molecule has 21 heavy (non-hydrogen) atoms. The van der Waals surface area contributed by atoms with Crippen LogP contribution in [0.1, 0.15) is 10.4 Å². The van der Waals surface area contributed by atoms with Crippen molar-refractivity contribution in [3.63, 3.8) is 0 Å². The van der Waals surface area contributed by atoms with E-state index in [4.69, 9.17) is 35.4 Å². The van der Waals surface area contributed by atoms with E-state index in [1.165, 1.54) is 0 Å². The Balaban J connectivity index is 2.05. The van der Waals surface area contributed by atoms with Crippen LogP contribution >= 0.6 is 58.0 Å². The summed E-state index contributed by atoms with van der Waals surface area (Å²) in [6.07, 6.45) is 0. The van der Waals surface area contributed by atoms with Crippen LogP contribution in [0.25, 0.3) is 0 Å². The van der Waals surface area contributed by atoms with Gasteiger partial charge in [0.25, 0.3) is 5.91 Å². The fraction of sp³-hybridized carbons (Fsp3) is 0. The lowest BCUT2D eigenvalue weighted by Crippen LogP contribution is -2.34. The second-order valence-electron chi connectivity index (χ2n) is 4.01. The molecule has 0 bridgehead atoms. The Morgan fingerprint density at radius 3 is 2.52 bits per heavy atom. The summed E-state index contributed by atoms with van der Waals surface area (Å²) in [5.74, 6) is -0.275. The lowest BCUT2D eigenvalue weighted by Gasteiger charge is -2.11. The second kappa shape index (κ2) is 7.40. The van der Waals surface area contributed by atoms with Gasteiger partial charge in [-0.15, -0.1) is 0 Å². The largest absolute Gasteiger partial charge is 0.331 e. The van der Waals surface area contributed by atoms with E-state index in [9.17, 15) is 4.79 Å². The molecule has 2 rings (SSSR count). The molecule has 0 aliphatic carbocycles. The highest BCUT2D eigenvalue weighted by Crippen LogP contribution is 2.25. The normalized spacial score (nSPS) is 10.0. The predicted molar refractivity (Wildman–Crippen MR) is 99.3 cm³/mol. The van der Waals surface area contributed by atoms with Crippen LogP contribution in [0.4, 0.5) is 5.69 Å². The maximum absolute atomic E-state index is 12.1. The molecule has 2 N–H and O–H groups in total. The van der Waals surface area contributed by atoms with E-state index in [2.05, 4.69) is 33.2 Å². The topological polar surface area (TPSA) is 41.1 Å². The first-order valence-electron chi connectivity index (χ1n) is 5.79. The minimum Gasteiger partial charge on any atom is -0.331 e. The number of hydrogen-bond acceptors (Lipinski definition) is 2. The number of anilines is 1. The van der Waals surface area contributed by atoms with Crippen molar-refractivity contribution in [1.82, 2.24) is 5.32 Å². The molecule has 3 nitrogen and oxygen atoms in total. The van der Waals surface area contributed by atoms with Crippen molar-refractivity contribution in [3.05, 3.63) is 61.6 Å². The van der Waals surface area contributed by atoms with Gasteiger partial charge in [-0.05, 0) is 65.1 Å².